The predicted molar refractivity (Wildman–Crippen MR) is 192 cm³/mol. The van der Waals surface area contributed by atoms with E-state index < -0.39 is 68.0 Å². The van der Waals surface area contributed by atoms with Crippen LogP contribution in [0.15, 0.2) is 0 Å². The Bertz CT molecular complexity index is 1440. The number of nitrogens with zero attached hydrogens (tertiary/aromatic N) is 1. The first-order valence-corrected chi connectivity index (χ1v) is 21.2. The lowest BCUT2D eigenvalue weighted by Crippen LogP contribution is -2.66. The van der Waals surface area contributed by atoms with E-state index >= 15 is 0 Å². The third-order valence-corrected chi connectivity index (χ3v) is 14.7. The summed E-state index contributed by atoms with van der Waals surface area (Å²) in [4.78, 5) is 70.7. The zero-order valence-electron chi connectivity index (χ0n) is 31.3. The van der Waals surface area contributed by atoms with Gasteiger partial charge in [-0.2, -0.15) is 0 Å². The van der Waals surface area contributed by atoms with Gasteiger partial charge in [0.1, 0.15) is 12.1 Å². The highest BCUT2D eigenvalue weighted by Gasteiger charge is 2.70. The summed E-state index contributed by atoms with van der Waals surface area (Å²) >= 11 is 0. The highest BCUT2D eigenvalue weighted by Crippen LogP contribution is 2.65. The van der Waals surface area contributed by atoms with E-state index in [0.29, 0.717) is 58.0 Å². The smallest absolute Gasteiger partial charge is 0.316 e. The topological polar surface area (TPSA) is 180 Å². The summed E-state index contributed by atoms with van der Waals surface area (Å²) in [6.45, 7) is 10.8. The zero-order valence-corrected chi connectivity index (χ0v) is 32.1. The van der Waals surface area contributed by atoms with Crippen molar-refractivity contribution in [2.45, 2.75) is 154 Å². The number of amides is 5. The maximum Gasteiger partial charge on any atom is 0.316 e. The highest BCUT2D eigenvalue weighted by atomic mass is 32.2. The number of unbranched alkanes of at least 4 members (excludes halogenated alkanes) is 1. The number of piperidine rings is 1. The number of rotatable bonds is 14. The van der Waals surface area contributed by atoms with Gasteiger partial charge in [0.05, 0.1) is 23.9 Å². The number of fused-ring (bicyclic) bond motifs is 1. The van der Waals surface area contributed by atoms with Crippen LogP contribution in [0, 0.1) is 22.7 Å². The quantitative estimate of drug-likeness (QED) is 0.196. The van der Waals surface area contributed by atoms with Crippen molar-refractivity contribution < 1.29 is 37.1 Å². The maximum atomic E-state index is 14.9. The molecule has 2 aliphatic heterocycles. The van der Waals surface area contributed by atoms with E-state index in [0.717, 1.165) is 44.9 Å². The molecule has 2 heterocycles. The third-order valence-electron chi connectivity index (χ3n) is 12.7. The molecule has 5 amide bonds. The number of ketones is 1. The summed E-state index contributed by atoms with van der Waals surface area (Å²) in [7, 11) is -3.58. The molecule has 0 aromatic rings. The van der Waals surface area contributed by atoms with Crippen LogP contribution in [-0.4, -0.2) is 97.4 Å². The van der Waals surface area contributed by atoms with Crippen LogP contribution in [0.2, 0.25) is 0 Å². The molecule has 2 saturated heterocycles. The van der Waals surface area contributed by atoms with Crippen LogP contribution in [0.3, 0.4) is 0 Å². The minimum absolute atomic E-state index is 0.0683. The molecule has 6 atom stereocenters. The van der Waals surface area contributed by atoms with E-state index in [1.54, 1.807) is 4.90 Å². The number of urea groups is 1. The Morgan fingerprint density at radius 1 is 0.882 bits per heavy atom. The summed E-state index contributed by atoms with van der Waals surface area (Å²) in [5, 5.41) is 11.6. The standard InChI is InChI=1S/C37H61N5O8S/c1-6-8-15-25(28(43)31(45)38-20-7-2)39-30(44)27-26-24(35(26,3)4)23-42(27)32(46)29(36(5)16-11-9-12-17-36)40-34(47)41-37(18-13-10-14-19-37)33-50-21-22-51(33,48)49/h24-27,29,33H,6-23H2,1-5H3,(H,38,45)(H,39,44)(H2,40,41,47)/t24-,25-,26-,27-,29+,33?/m0/s1. The first kappa shape index (κ1) is 39.5. The summed E-state index contributed by atoms with van der Waals surface area (Å²) in [6.07, 6.45) is 9.97. The monoisotopic (exact) mass is 735 g/mol. The summed E-state index contributed by atoms with van der Waals surface area (Å²) in [6, 6.07) is -3.45. The summed E-state index contributed by atoms with van der Waals surface area (Å²) < 4.78 is 31.9. The lowest BCUT2D eigenvalue weighted by atomic mass is 9.70. The Labute approximate surface area is 303 Å². The van der Waals surface area contributed by atoms with Crippen molar-refractivity contribution in [1.29, 1.82) is 0 Å². The number of carbonyl (C=O) groups is 5. The molecule has 0 aromatic carbocycles. The Balaban J connectivity index is 1.40. The number of hydrogen-bond donors (Lipinski definition) is 4. The summed E-state index contributed by atoms with van der Waals surface area (Å²) in [5.74, 6) is -2.39. The number of likely N-dealkylation sites (tertiary alicyclic amines) is 1. The van der Waals surface area contributed by atoms with Crippen LogP contribution in [0.1, 0.15) is 125 Å². The van der Waals surface area contributed by atoms with E-state index in [2.05, 4.69) is 35.1 Å². The number of Topliss-reactive ketones (excluding diaryl/α,β-unsaturated/α-hetero) is 1. The average Bonchev–Trinajstić information content (AvgIpc) is 3.40. The normalized spacial score (nSPS) is 29.5. The average molecular weight is 736 g/mol. The maximum absolute atomic E-state index is 14.9. The minimum atomic E-state index is -3.58. The second-order valence-electron chi connectivity index (χ2n) is 16.7. The zero-order chi connectivity index (χ0) is 37.2. The Morgan fingerprint density at radius 2 is 1.53 bits per heavy atom. The van der Waals surface area contributed by atoms with E-state index in [1.807, 2.05) is 20.8 Å². The molecule has 1 unspecified atom stereocenters. The van der Waals surface area contributed by atoms with Crippen LogP contribution in [0.25, 0.3) is 0 Å². The van der Waals surface area contributed by atoms with Gasteiger partial charge in [-0.25, -0.2) is 13.2 Å². The van der Waals surface area contributed by atoms with Gasteiger partial charge in [0.15, 0.2) is 15.3 Å². The molecule has 51 heavy (non-hydrogen) atoms. The van der Waals surface area contributed by atoms with Crippen molar-refractivity contribution in [3.63, 3.8) is 0 Å². The SMILES string of the molecule is CCCC[C@H](NC(=O)[C@@H]1[C@@H]2[C@H](CN1C(=O)[C@@H](NC(=O)NC1(C3OCCS3(=O)=O)CCCCC1)C1(C)CCCCC1)C2(C)C)C(=O)C(=O)NCCC. The van der Waals surface area contributed by atoms with Gasteiger partial charge in [-0.15, -0.1) is 0 Å². The summed E-state index contributed by atoms with van der Waals surface area (Å²) in [5.41, 5.74) is -3.02. The minimum Gasteiger partial charge on any atom is -0.359 e. The van der Waals surface area contributed by atoms with Gasteiger partial charge in [0, 0.05) is 13.1 Å². The fourth-order valence-electron chi connectivity index (χ4n) is 9.56. The van der Waals surface area contributed by atoms with Gasteiger partial charge >= 0.3 is 6.03 Å². The first-order valence-electron chi connectivity index (χ1n) is 19.5. The van der Waals surface area contributed by atoms with Crippen LogP contribution in [0.5, 0.6) is 0 Å². The van der Waals surface area contributed by atoms with E-state index in [-0.39, 0.29) is 35.5 Å². The van der Waals surface area contributed by atoms with Gasteiger partial charge in [0.25, 0.3) is 5.91 Å². The number of sulfone groups is 1. The second-order valence-corrected chi connectivity index (χ2v) is 18.9. The fraction of sp³-hybridized carbons (Fsp3) is 0.865. The molecular formula is C37H61N5O8S. The molecule has 3 aliphatic carbocycles. The molecule has 5 fully saturated rings. The van der Waals surface area contributed by atoms with Gasteiger partial charge in [-0.05, 0) is 61.2 Å². The molecule has 0 bridgehead atoms. The number of hydrogen-bond acceptors (Lipinski definition) is 8. The molecular weight excluding hydrogens is 675 g/mol. The van der Waals surface area contributed by atoms with Crippen molar-refractivity contribution in [2.24, 2.45) is 22.7 Å². The molecule has 0 radical (unpaired) electrons. The van der Waals surface area contributed by atoms with Crippen molar-refractivity contribution >= 4 is 39.4 Å². The molecule has 3 saturated carbocycles. The molecule has 0 aromatic heterocycles. The third kappa shape index (κ3) is 8.11. The van der Waals surface area contributed by atoms with Crippen molar-refractivity contribution in [3.05, 3.63) is 0 Å². The van der Waals surface area contributed by atoms with Gasteiger partial charge < -0.3 is 30.9 Å². The van der Waals surface area contributed by atoms with Gasteiger partial charge in [0.2, 0.25) is 17.6 Å². The van der Waals surface area contributed by atoms with Crippen LogP contribution in [-0.2, 0) is 33.8 Å². The molecule has 5 aliphatic rings. The van der Waals surface area contributed by atoms with Crippen molar-refractivity contribution in [3.8, 4) is 0 Å². The van der Waals surface area contributed by atoms with E-state index in [4.69, 9.17) is 4.74 Å². The van der Waals surface area contributed by atoms with E-state index in [9.17, 15) is 32.4 Å². The van der Waals surface area contributed by atoms with Crippen molar-refractivity contribution in [2.75, 3.05) is 25.4 Å². The van der Waals surface area contributed by atoms with Crippen LogP contribution in [0.4, 0.5) is 4.79 Å². The molecule has 14 heteroatoms. The predicted octanol–water partition coefficient (Wildman–Crippen LogP) is 3.35. The molecule has 5 rings (SSSR count). The Kier molecular flexibility index (Phi) is 12.1. The lowest BCUT2D eigenvalue weighted by Gasteiger charge is -2.45. The number of nitrogens with one attached hydrogen (secondary N) is 4. The molecule has 13 nitrogen and oxygen atoms in total. The number of carbonyl (C=O) groups excluding carboxylic acids is 5. The Hall–Kier alpha value is -2.74. The Morgan fingerprint density at radius 3 is 2.12 bits per heavy atom. The molecule has 0 spiro atoms. The van der Waals surface area contributed by atoms with Crippen molar-refractivity contribution in [1.82, 2.24) is 26.2 Å². The fourth-order valence-corrected chi connectivity index (χ4v) is 11.4. The van der Waals surface area contributed by atoms with Gasteiger partial charge in [-0.1, -0.05) is 86.0 Å². The molecule has 4 N–H and O–H groups in total. The largest absolute Gasteiger partial charge is 0.359 e. The lowest BCUT2D eigenvalue weighted by molar-refractivity contribution is -0.146. The van der Waals surface area contributed by atoms with E-state index in [1.165, 1.54) is 0 Å². The van der Waals surface area contributed by atoms with Gasteiger partial charge in [-0.3, -0.25) is 19.2 Å². The first-order chi connectivity index (χ1) is 24.1. The van der Waals surface area contributed by atoms with Crippen LogP contribution < -0.4 is 21.3 Å². The molecule has 288 valence electrons. The van der Waals surface area contributed by atoms with Crippen LogP contribution >= 0.6 is 0 Å². The highest BCUT2D eigenvalue weighted by molar-refractivity contribution is 7.92. The number of ether oxygens (including phenoxy) is 1. The second kappa shape index (κ2) is 15.7.